The lowest BCUT2D eigenvalue weighted by atomic mass is 10.3. The maximum atomic E-state index is 4.63. The van der Waals surface area contributed by atoms with Crippen molar-refractivity contribution in [3.05, 3.63) is 71.3 Å². The Morgan fingerprint density at radius 1 is 0.429 bits per heavy atom. The Kier molecular flexibility index (Phi) is 7.14. The number of aromatic amines is 2. The molecule has 5 rings (SSSR count). The molecule has 28 heavy (non-hydrogen) atoms. The van der Waals surface area contributed by atoms with E-state index in [1.54, 1.807) is 0 Å². The van der Waals surface area contributed by atoms with Crippen LogP contribution in [0.2, 0.25) is 0 Å². The normalized spacial score (nSPS) is 10.9. The van der Waals surface area contributed by atoms with E-state index >= 15 is 0 Å². The zero-order valence-corrected chi connectivity index (χ0v) is 15.7. The third-order valence-corrected chi connectivity index (χ3v) is 4.04. The van der Waals surface area contributed by atoms with Crippen LogP contribution < -0.4 is 24.6 Å². The second kappa shape index (κ2) is 8.89. The van der Waals surface area contributed by atoms with Crippen LogP contribution in [-0.4, -0.2) is 19.9 Å². The van der Waals surface area contributed by atoms with Crippen molar-refractivity contribution >= 4 is 46.4 Å². The van der Waals surface area contributed by atoms with Crippen LogP contribution in [0.5, 0.6) is 0 Å². The molecule has 2 aliphatic heterocycles. The minimum absolute atomic E-state index is 0. The van der Waals surface area contributed by atoms with Gasteiger partial charge in [-0.1, -0.05) is 0 Å². The van der Waals surface area contributed by atoms with E-state index in [1.807, 2.05) is 48.6 Å². The molecule has 14 N–H and O–H groups in total. The highest BCUT2D eigenvalue weighted by Crippen LogP contribution is 2.16. The average Bonchev–Trinajstić information content (AvgIpc) is 3.32. The number of hydrogen-bond donors (Lipinski definition) is 6. The average molecular weight is 378 g/mol. The lowest BCUT2D eigenvalue weighted by Crippen LogP contribution is -1.75. The first kappa shape index (κ1) is 22.5. The smallest absolute Gasteiger partial charge is 0.0658 e. The van der Waals surface area contributed by atoms with E-state index in [9.17, 15) is 0 Å². The van der Waals surface area contributed by atoms with Gasteiger partial charge in [-0.3, -0.25) is 0 Å². The Hall–Kier alpha value is -3.56. The van der Waals surface area contributed by atoms with E-state index in [0.717, 1.165) is 44.8 Å². The summed E-state index contributed by atoms with van der Waals surface area (Å²) < 4.78 is 0. The van der Waals surface area contributed by atoms with E-state index in [-0.39, 0.29) is 24.6 Å². The molecule has 3 aromatic rings. The molecule has 8 heteroatoms. The topological polar surface area (TPSA) is 197 Å². The van der Waals surface area contributed by atoms with Crippen LogP contribution in [-0.2, 0) is 0 Å². The molecule has 0 spiro atoms. The molecule has 0 saturated carbocycles. The maximum Gasteiger partial charge on any atom is 0.0658 e. The summed E-state index contributed by atoms with van der Waals surface area (Å²) >= 11 is 0. The number of rotatable bonds is 0. The van der Waals surface area contributed by atoms with E-state index < -0.39 is 0 Å². The van der Waals surface area contributed by atoms with Gasteiger partial charge in [0, 0.05) is 22.1 Å². The molecule has 146 valence electrons. The van der Waals surface area contributed by atoms with Gasteiger partial charge in [0.2, 0.25) is 0 Å². The molecule has 0 radical (unpaired) electrons. The molecule has 5 heterocycles. The summed E-state index contributed by atoms with van der Waals surface area (Å²) in [4.78, 5) is 16.0. The molecule has 0 aliphatic carbocycles. The van der Waals surface area contributed by atoms with Gasteiger partial charge < -0.3 is 34.6 Å². The first-order chi connectivity index (χ1) is 11.8. The molecule has 3 aromatic heterocycles. The van der Waals surface area contributed by atoms with Crippen LogP contribution in [0.3, 0.4) is 0 Å². The zero-order valence-electron chi connectivity index (χ0n) is 15.7. The SMILES string of the molecule is C1=Cc2cc3ccc(cc4nc(cc5ccc(cc1n2)[nH]5)C=C4)[nH]3.N.N.N.N. The lowest BCUT2D eigenvalue weighted by Gasteiger charge is -1.85. The van der Waals surface area contributed by atoms with Gasteiger partial charge in [-0.2, -0.15) is 0 Å². The van der Waals surface area contributed by atoms with Crippen LogP contribution in [0.4, 0.5) is 0 Å². The molecule has 8 bridgehead atoms. The first-order valence-electron chi connectivity index (χ1n) is 7.85. The molecule has 0 unspecified atom stereocenters. The number of aromatic nitrogens is 4. The summed E-state index contributed by atoms with van der Waals surface area (Å²) in [6.45, 7) is 0. The second-order valence-electron chi connectivity index (χ2n) is 5.91. The van der Waals surface area contributed by atoms with Gasteiger partial charge in [0.05, 0.1) is 22.8 Å². The van der Waals surface area contributed by atoms with Gasteiger partial charge in [0.25, 0.3) is 0 Å². The largest absolute Gasteiger partial charge is 0.355 e. The molecule has 2 aliphatic rings. The third-order valence-electron chi connectivity index (χ3n) is 4.04. The van der Waals surface area contributed by atoms with Gasteiger partial charge in [-0.15, -0.1) is 0 Å². The highest BCUT2D eigenvalue weighted by Gasteiger charge is 2.00. The van der Waals surface area contributed by atoms with Gasteiger partial charge >= 0.3 is 0 Å². The zero-order chi connectivity index (χ0) is 15.9. The number of nitrogens with zero attached hydrogens (tertiary/aromatic N) is 2. The fourth-order valence-corrected chi connectivity index (χ4v) is 2.94. The molecule has 0 aromatic carbocycles. The van der Waals surface area contributed by atoms with Gasteiger partial charge in [-0.05, 0) is 72.8 Å². The minimum Gasteiger partial charge on any atom is -0.355 e. The van der Waals surface area contributed by atoms with Crippen LogP contribution >= 0.6 is 0 Å². The van der Waals surface area contributed by atoms with Gasteiger partial charge in [0.15, 0.2) is 0 Å². The highest BCUT2D eigenvalue weighted by molar-refractivity contribution is 5.77. The van der Waals surface area contributed by atoms with Crippen LogP contribution in [0.25, 0.3) is 46.4 Å². The number of hydrogen-bond acceptors (Lipinski definition) is 6. The second-order valence-corrected chi connectivity index (χ2v) is 5.91. The van der Waals surface area contributed by atoms with Crippen molar-refractivity contribution in [2.75, 3.05) is 0 Å². The predicted octanol–water partition coefficient (Wildman–Crippen LogP) is 5.30. The number of nitrogens with one attached hydrogen (secondary N) is 2. The van der Waals surface area contributed by atoms with Crippen molar-refractivity contribution in [3.63, 3.8) is 0 Å². The van der Waals surface area contributed by atoms with Crippen molar-refractivity contribution in [2.45, 2.75) is 0 Å². The van der Waals surface area contributed by atoms with Crippen molar-refractivity contribution in [1.29, 1.82) is 0 Å². The molecule has 8 nitrogen and oxygen atoms in total. The maximum absolute atomic E-state index is 4.63. The van der Waals surface area contributed by atoms with Gasteiger partial charge in [-0.25, -0.2) is 9.97 Å². The summed E-state index contributed by atoms with van der Waals surface area (Å²) in [7, 11) is 0. The lowest BCUT2D eigenvalue weighted by molar-refractivity contribution is 1.31. The Balaban J connectivity index is 0.000000980. The fourth-order valence-electron chi connectivity index (χ4n) is 2.94. The quantitative estimate of drug-likeness (QED) is 0.211. The van der Waals surface area contributed by atoms with E-state index in [1.165, 1.54) is 0 Å². The van der Waals surface area contributed by atoms with Crippen LogP contribution in [0, 0.1) is 0 Å². The molecular weight excluding hydrogens is 352 g/mol. The molecule has 0 saturated heterocycles. The molecular formula is C20H26N8. The molecule has 0 amide bonds. The monoisotopic (exact) mass is 378 g/mol. The predicted molar refractivity (Wildman–Crippen MR) is 119 cm³/mol. The summed E-state index contributed by atoms with van der Waals surface area (Å²) in [5.74, 6) is 0. The highest BCUT2D eigenvalue weighted by atomic mass is 14.8. The standard InChI is InChI=1S/C20H14N4.4H3N/c1-2-14-10-16-5-6-18(23-16)12-20-8-7-19(24-20)11-17-4-3-15(22-17)9-13(1)21-14;;;;/h1-12,21,24H;4*1H3. The number of fused-ring (bicyclic) bond motifs is 8. The van der Waals surface area contributed by atoms with Crippen LogP contribution in [0.1, 0.15) is 22.8 Å². The summed E-state index contributed by atoms with van der Waals surface area (Å²) in [6.07, 6.45) is 8.09. The van der Waals surface area contributed by atoms with Crippen LogP contribution in [0.15, 0.2) is 48.5 Å². The Bertz CT molecular complexity index is 993. The first-order valence-corrected chi connectivity index (χ1v) is 7.85. The Labute approximate surface area is 162 Å². The van der Waals surface area contributed by atoms with Crippen molar-refractivity contribution < 1.29 is 0 Å². The summed E-state index contributed by atoms with van der Waals surface area (Å²) in [5, 5.41) is 0. The summed E-state index contributed by atoms with van der Waals surface area (Å²) in [6, 6.07) is 16.4. The van der Waals surface area contributed by atoms with Gasteiger partial charge in [0.1, 0.15) is 0 Å². The minimum atomic E-state index is 0. The fraction of sp³-hybridized carbons (Fsp3) is 0. The van der Waals surface area contributed by atoms with Crippen molar-refractivity contribution in [1.82, 2.24) is 44.5 Å². The van der Waals surface area contributed by atoms with E-state index in [0.29, 0.717) is 0 Å². The Morgan fingerprint density at radius 2 is 0.679 bits per heavy atom. The summed E-state index contributed by atoms with van der Waals surface area (Å²) in [5.41, 5.74) is 7.86. The molecule has 0 atom stereocenters. The molecule has 0 fully saturated rings. The van der Waals surface area contributed by atoms with E-state index in [4.69, 9.17) is 0 Å². The van der Waals surface area contributed by atoms with Crippen molar-refractivity contribution in [3.8, 4) is 0 Å². The number of H-pyrrole nitrogens is 2. The van der Waals surface area contributed by atoms with E-state index in [2.05, 4.69) is 44.2 Å². The third kappa shape index (κ3) is 4.40. The Morgan fingerprint density at radius 3 is 0.929 bits per heavy atom. The van der Waals surface area contributed by atoms with Crippen molar-refractivity contribution in [2.24, 2.45) is 0 Å².